The third-order valence-corrected chi connectivity index (χ3v) is 2.76. The van der Waals surface area contributed by atoms with Gasteiger partial charge in [0.2, 0.25) is 0 Å². The van der Waals surface area contributed by atoms with E-state index in [9.17, 15) is 5.11 Å². The van der Waals surface area contributed by atoms with Gasteiger partial charge in [0.05, 0.1) is 6.10 Å². The lowest BCUT2D eigenvalue weighted by atomic mass is 10.1. The van der Waals surface area contributed by atoms with Crippen LogP contribution in [0.15, 0.2) is 27.1 Å². The van der Waals surface area contributed by atoms with Crippen molar-refractivity contribution in [2.24, 2.45) is 5.73 Å². The second-order valence-corrected chi connectivity index (χ2v) is 4.19. The molecule has 0 fully saturated rings. The SMILES string of the molecule is NC[C@H](O)c1cc(Br)ccc1Br. The molecule has 0 aliphatic carbocycles. The van der Waals surface area contributed by atoms with Crippen molar-refractivity contribution in [2.75, 3.05) is 6.54 Å². The molecule has 1 aromatic rings. The first-order valence-corrected chi connectivity index (χ1v) is 5.07. The molecule has 0 saturated carbocycles. The Bertz CT molecular complexity index is 278. The number of aliphatic hydroxyl groups is 1. The van der Waals surface area contributed by atoms with Gasteiger partial charge in [-0.15, -0.1) is 0 Å². The smallest absolute Gasteiger partial charge is 0.0923 e. The van der Waals surface area contributed by atoms with E-state index in [0.717, 1.165) is 14.5 Å². The van der Waals surface area contributed by atoms with Crippen LogP contribution in [0.4, 0.5) is 0 Å². The monoisotopic (exact) mass is 293 g/mol. The highest BCUT2D eigenvalue weighted by Gasteiger charge is 2.08. The van der Waals surface area contributed by atoms with E-state index < -0.39 is 6.10 Å². The van der Waals surface area contributed by atoms with E-state index in [-0.39, 0.29) is 6.54 Å². The van der Waals surface area contributed by atoms with Crippen LogP contribution in [-0.4, -0.2) is 11.7 Å². The van der Waals surface area contributed by atoms with Gasteiger partial charge in [-0.1, -0.05) is 31.9 Å². The summed E-state index contributed by atoms with van der Waals surface area (Å²) in [5.74, 6) is 0. The van der Waals surface area contributed by atoms with Crippen LogP contribution in [0.3, 0.4) is 0 Å². The van der Waals surface area contributed by atoms with E-state index in [2.05, 4.69) is 31.9 Å². The summed E-state index contributed by atoms with van der Waals surface area (Å²) in [6.45, 7) is 0.231. The number of benzene rings is 1. The standard InChI is InChI=1S/C8H9Br2NO/c9-5-1-2-7(10)6(3-5)8(12)4-11/h1-3,8,12H,4,11H2/t8-/m0/s1. The Balaban J connectivity index is 3.04. The summed E-state index contributed by atoms with van der Waals surface area (Å²) in [6, 6.07) is 5.62. The Morgan fingerprint density at radius 1 is 1.42 bits per heavy atom. The lowest BCUT2D eigenvalue weighted by Gasteiger charge is -2.10. The Kier molecular flexibility index (Phi) is 3.71. The lowest BCUT2D eigenvalue weighted by molar-refractivity contribution is 0.186. The van der Waals surface area contributed by atoms with Gasteiger partial charge < -0.3 is 10.8 Å². The van der Waals surface area contributed by atoms with Gasteiger partial charge in [0.25, 0.3) is 0 Å². The van der Waals surface area contributed by atoms with Gasteiger partial charge in [-0.05, 0) is 23.8 Å². The lowest BCUT2D eigenvalue weighted by Crippen LogP contribution is -2.11. The number of rotatable bonds is 2. The molecule has 12 heavy (non-hydrogen) atoms. The zero-order chi connectivity index (χ0) is 9.14. The minimum Gasteiger partial charge on any atom is -0.387 e. The number of hydrogen-bond donors (Lipinski definition) is 2. The number of nitrogens with two attached hydrogens (primary N) is 1. The van der Waals surface area contributed by atoms with Gasteiger partial charge in [-0.25, -0.2) is 0 Å². The Hall–Kier alpha value is 0.1000. The van der Waals surface area contributed by atoms with Gasteiger partial charge in [0, 0.05) is 15.5 Å². The maximum Gasteiger partial charge on any atom is 0.0923 e. The molecule has 0 bridgehead atoms. The largest absolute Gasteiger partial charge is 0.387 e. The van der Waals surface area contributed by atoms with E-state index in [4.69, 9.17) is 5.73 Å². The van der Waals surface area contributed by atoms with E-state index in [1.807, 2.05) is 18.2 Å². The molecular weight excluding hydrogens is 286 g/mol. The Morgan fingerprint density at radius 3 is 2.67 bits per heavy atom. The molecule has 1 rings (SSSR count). The van der Waals surface area contributed by atoms with Gasteiger partial charge in [-0.2, -0.15) is 0 Å². The molecule has 0 radical (unpaired) electrons. The third-order valence-electron chi connectivity index (χ3n) is 1.54. The van der Waals surface area contributed by atoms with Crippen molar-refractivity contribution < 1.29 is 5.11 Å². The normalized spacial score (nSPS) is 13.0. The number of aliphatic hydroxyl groups excluding tert-OH is 1. The maximum atomic E-state index is 9.46. The van der Waals surface area contributed by atoms with E-state index in [1.165, 1.54) is 0 Å². The van der Waals surface area contributed by atoms with Crippen molar-refractivity contribution in [3.05, 3.63) is 32.7 Å². The molecular formula is C8H9Br2NO. The predicted octanol–water partition coefficient (Wildman–Crippen LogP) is 2.20. The third kappa shape index (κ3) is 2.29. The average Bonchev–Trinajstić information content (AvgIpc) is 2.08. The van der Waals surface area contributed by atoms with Crippen LogP contribution in [0, 0.1) is 0 Å². The molecule has 0 amide bonds. The Labute approximate surface area is 88.0 Å². The molecule has 0 saturated heterocycles. The molecule has 3 N–H and O–H groups in total. The van der Waals surface area contributed by atoms with Crippen molar-refractivity contribution in [2.45, 2.75) is 6.10 Å². The molecule has 0 aliphatic heterocycles. The van der Waals surface area contributed by atoms with Crippen LogP contribution in [0.25, 0.3) is 0 Å². The van der Waals surface area contributed by atoms with Crippen LogP contribution < -0.4 is 5.73 Å². The first-order valence-electron chi connectivity index (χ1n) is 3.48. The highest BCUT2D eigenvalue weighted by Crippen LogP contribution is 2.26. The van der Waals surface area contributed by atoms with Crippen molar-refractivity contribution in [3.8, 4) is 0 Å². The molecule has 0 spiro atoms. The van der Waals surface area contributed by atoms with E-state index in [1.54, 1.807) is 0 Å². The summed E-state index contributed by atoms with van der Waals surface area (Å²) in [5, 5.41) is 9.46. The van der Waals surface area contributed by atoms with Crippen LogP contribution in [-0.2, 0) is 0 Å². The summed E-state index contributed by atoms with van der Waals surface area (Å²) >= 11 is 6.66. The first-order chi connectivity index (χ1) is 5.65. The van der Waals surface area contributed by atoms with Crippen molar-refractivity contribution in [3.63, 3.8) is 0 Å². The minimum absolute atomic E-state index is 0.231. The molecule has 0 aromatic heterocycles. The predicted molar refractivity (Wildman–Crippen MR) is 55.9 cm³/mol. The highest BCUT2D eigenvalue weighted by molar-refractivity contribution is 9.11. The topological polar surface area (TPSA) is 46.2 Å². The van der Waals surface area contributed by atoms with Gasteiger partial charge in [-0.3, -0.25) is 0 Å². The van der Waals surface area contributed by atoms with Gasteiger partial charge >= 0.3 is 0 Å². The minimum atomic E-state index is -0.600. The molecule has 66 valence electrons. The average molecular weight is 295 g/mol. The second-order valence-electron chi connectivity index (χ2n) is 2.42. The first kappa shape index (κ1) is 10.2. The molecule has 2 nitrogen and oxygen atoms in total. The van der Waals surface area contributed by atoms with Crippen molar-refractivity contribution in [1.29, 1.82) is 0 Å². The van der Waals surface area contributed by atoms with Crippen molar-refractivity contribution >= 4 is 31.9 Å². The maximum absolute atomic E-state index is 9.46. The van der Waals surface area contributed by atoms with Gasteiger partial charge in [0.15, 0.2) is 0 Å². The molecule has 0 aliphatic rings. The zero-order valence-corrected chi connectivity index (χ0v) is 9.47. The van der Waals surface area contributed by atoms with Crippen LogP contribution in [0.1, 0.15) is 11.7 Å². The van der Waals surface area contributed by atoms with Gasteiger partial charge in [0.1, 0.15) is 0 Å². The summed E-state index contributed by atoms with van der Waals surface area (Å²) < 4.78 is 1.82. The number of halogens is 2. The van der Waals surface area contributed by atoms with Crippen LogP contribution in [0.5, 0.6) is 0 Å². The van der Waals surface area contributed by atoms with Crippen LogP contribution >= 0.6 is 31.9 Å². The molecule has 4 heteroatoms. The summed E-state index contributed by atoms with van der Waals surface area (Å²) in [5.41, 5.74) is 6.15. The van der Waals surface area contributed by atoms with E-state index in [0.29, 0.717) is 0 Å². The fraction of sp³-hybridized carbons (Fsp3) is 0.250. The highest BCUT2D eigenvalue weighted by atomic mass is 79.9. The fourth-order valence-corrected chi connectivity index (χ4v) is 1.79. The summed E-state index contributed by atoms with van der Waals surface area (Å²) in [4.78, 5) is 0. The van der Waals surface area contributed by atoms with Crippen LogP contribution in [0.2, 0.25) is 0 Å². The second kappa shape index (κ2) is 4.37. The summed E-state index contributed by atoms with van der Waals surface area (Å²) in [6.07, 6.45) is -0.600. The molecule has 0 heterocycles. The fourth-order valence-electron chi connectivity index (χ4n) is 0.897. The quantitative estimate of drug-likeness (QED) is 0.878. The Morgan fingerprint density at radius 2 is 2.08 bits per heavy atom. The zero-order valence-electron chi connectivity index (χ0n) is 6.30. The van der Waals surface area contributed by atoms with E-state index >= 15 is 0 Å². The van der Waals surface area contributed by atoms with Crippen molar-refractivity contribution in [1.82, 2.24) is 0 Å². The number of hydrogen-bond acceptors (Lipinski definition) is 2. The molecule has 0 unspecified atom stereocenters. The summed E-state index contributed by atoms with van der Waals surface area (Å²) in [7, 11) is 0. The molecule has 1 atom stereocenters. The molecule has 1 aromatic carbocycles.